The lowest BCUT2D eigenvalue weighted by molar-refractivity contribution is -0.137. The van der Waals surface area contributed by atoms with Gasteiger partial charge >= 0.3 is 6.18 Å². The second kappa shape index (κ2) is 6.58. The summed E-state index contributed by atoms with van der Waals surface area (Å²) in [6.07, 6.45) is -1.50. The number of thiazole rings is 1. The van der Waals surface area contributed by atoms with E-state index in [0.717, 1.165) is 6.07 Å². The molecule has 9 heteroatoms. The summed E-state index contributed by atoms with van der Waals surface area (Å²) >= 11 is 1.27. The molecule has 1 aliphatic rings. The minimum atomic E-state index is -4.54. The predicted molar refractivity (Wildman–Crippen MR) is 95.6 cm³/mol. The van der Waals surface area contributed by atoms with E-state index < -0.39 is 17.6 Å². The average molecular weight is 388 g/mol. The lowest BCUT2D eigenvalue weighted by Crippen LogP contribution is -2.15. The molecule has 1 N–H and O–H groups in total. The number of hydrogen-bond donors (Lipinski definition) is 1. The molecule has 0 aliphatic carbocycles. The first-order valence-electron chi connectivity index (χ1n) is 7.86. The van der Waals surface area contributed by atoms with Gasteiger partial charge in [-0.3, -0.25) is 15.1 Å². The second-order valence-electron chi connectivity index (χ2n) is 5.74. The molecule has 0 radical (unpaired) electrons. The van der Waals surface area contributed by atoms with Crippen LogP contribution >= 0.6 is 11.3 Å². The van der Waals surface area contributed by atoms with E-state index in [1.54, 1.807) is 29.8 Å². The number of pyridine rings is 1. The number of para-hydroxylation sites is 1. The summed E-state index contributed by atoms with van der Waals surface area (Å²) in [6, 6.07) is 7.21. The number of rotatable bonds is 3. The largest absolute Gasteiger partial charge is 0.418 e. The van der Waals surface area contributed by atoms with Gasteiger partial charge in [0.25, 0.3) is 5.91 Å². The smallest absolute Gasteiger partial charge is 0.298 e. The van der Waals surface area contributed by atoms with E-state index in [1.165, 1.54) is 23.6 Å². The van der Waals surface area contributed by atoms with Crippen LogP contribution in [-0.2, 0) is 12.6 Å². The van der Waals surface area contributed by atoms with Gasteiger partial charge in [-0.15, -0.1) is 11.3 Å². The Bertz CT molecular complexity index is 1050. The third kappa shape index (κ3) is 3.33. The molecule has 3 heterocycles. The zero-order chi connectivity index (χ0) is 19.0. The van der Waals surface area contributed by atoms with Gasteiger partial charge in [-0.25, -0.2) is 9.98 Å². The van der Waals surface area contributed by atoms with Crippen LogP contribution in [0.25, 0.3) is 0 Å². The molecule has 0 atom stereocenters. The van der Waals surface area contributed by atoms with Crippen molar-refractivity contribution in [2.24, 2.45) is 4.99 Å². The molecule has 1 aromatic carbocycles. The van der Waals surface area contributed by atoms with Crippen molar-refractivity contribution in [2.75, 3.05) is 5.32 Å². The lowest BCUT2D eigenvalue weighted by atomic mass is 10.0. The number of amides is 1. The normalized spacial score (nSPS) is 13.2. The Morgan fingerprint density at radius 1 is 1.11 bits per heavy atom. The zero-order valence-electron chi connectivity index (χ0n) is 13.6. The van der Waals surface area contributed by atoms with E-state index in [-0.39, 0.29) is 23.4 Å². The Labute approximate surface area is 155 Å². The van der Waals surface area contributed by atoms with E-state index in [0.29, 0.717) is 16.4 Å². The highest BCUT2D eigenvalue weighted by molar-refractivity contribution is 7.13. The van der Waals surface area contributed by atoms with E-state index in [4.69, 9.17) is 0 Å². The third-order valence-electron chi connectivity index (χ3n) is 4.01. The quantitative estimate of drug-likeness (QED) is 0.719. The molecule has 1 amide bonds. The monoisotopic (exact) mass is 388 g/mol. The molecule has 0 saturated heterocycles. The molecule has 136 valence electrons. The first kappa shape index (κ1) is 17.3. The average Bonchev–Trinajstić information content (AvgIpc) is 3.29. The fraction of sp³-hybridized carbons (Fsp3) is 0.111. The van der Waals surface area contributed by atoms with Gasteiger partial charge in [0.05, 0.1) is 28.2 Å². The minimum absolute atomic E-state index is 0.174. The predicted octanol–water partition coefficient (Wildman–Crippen LogP) is 4.49. The van der Waals surface area contributed by atoms with Crippen molar-refractivity contribution in [1.82, 2.24) is 9.97 Å². The van der Waals surface area contributed by atoms with E-state index >= 15 is 0 Å². The van der Waals surface area contributed by atoms with E-state index in [1.807, 2.05) is 0 Å². The molecule has 0 saturated carbocycles. The molecule has 27 heavy (non-hydrogen) atoms. The molecule has 0 fully saturated rings. The van der Waals surface area contributed by atoms with Gasteiger partial charge in [-0.05, 0) is 23.8 Å². The van der Waals surface area contributed by atoms with Gasteiger partial charge in [-0.1, -0.05) is 12.1 Å². The molecular formula is C18H11F3N4OS. The van der Waals surface area contributed by atoms with Crippen LogP contribution in [0.4, 0.5) is 24.0 Å². The molecular weight excluding hydrogens is 377 g/mol. The van der Waals surface area contributed by atoms with Crippen molar-refractivity contribution < 1.29 is 18.0 Å². The van der Waals surface area contributed by atoms with Crippen molar-refractivity contribution in [3.63, 3.8) is 0 Å². The molecule has 5 nitrogen and oxygen atoms in total. The summed E-state index contributed by atoms with van der Waals surface area (Å²) in [5, 5.41) is 4.82. The Hall–Kier alpha value is -3.07. The number of nitrogens with one attached hydrogen (secondary N) is 1. The Kier molecular flexibility index (Phi) is 4.23. The standard InChI is InChI=1S/C18H11F3N4OS/c19-18(20,21)12-5-2-6-22-15(12)13-9-10-3-1-4-11(14(10)24-13)16(26)25-17-23-7-8-27-17/h1-8H,9H2,(H,23,25,26). The minimum Gasteiger partial charge on any atom is -0.298 e. The van der Waals surface area contributed by atoms with E-state index in [2.05, 4.69) is 20.3 Å². The van der Waals surface area contributed by atoms with Crippen LogP contribution in [0.3, 0.4) is 0 Å². The van der Waals surface area contributed by atoms with Crippen LogP contribution in [0, 0.1) is 0 Å². The maximum atomic E-state index is 13.3. The number of nitrogens with zero attached hydrogens (tertiary/aromatic N) is 3. The van der Waals surface area contributed by atoms with Crippen molar-refractivity contribution in [2.45, 2.75) is 12.6 Å². The maximum absolute atomic E-state index is 13.3. The number of aromatic nitrogens is 2. The summed E-state index contributed by atoms with van der Waals surface area (Å²) in [6.45, 7) is 0. The molecule has 3 aromatic rings. The number of fused-ring (bicyclic) bond motifs is 1. The highest BCUT2D eigenvalue weighted by Gasteiger charge is 2.36. The second-order valence-corrected chi connectivity index (χ2v) is 6.63. The molecule has 2 aromatic heterocycles. The van der Waals surface area contributed by atoms with Gasteiger partial charge in [0.15, 0.2) is 5.13 Å². The topological polar surface area (TPSA) is 67.2 Å². The number of hydrogen-bond acceptors (Lipinski definition) is 5. The number of carbonyl (C=O) groups is 1. The van der Waals surface area contributed by atoms with Crippen molar-refractivity contribution in [3.05, 3.63) is 70.5 Å². The van der Waals surface area contributed by atoms with Crippen LogP contribution in [-0.4, -0.2) is 21.6 Å². The highest BCUT2D eigenvalue weighted by atomic mass is 32.1. The molecule has 0 bridgehead atoms. The first-order chi connectivity index (χ1) is 12.9. The SMILES string of the molecule is O=C(Nc1nccs1)c1cccc2c1N=C(c1ncccc1C(F)(F)F)C2. The number of halogens is 3. The summed E-state index contributed by atoms with van der Waals surface area (Å²) in [4.78, 5) is 24.7. The fourth-order valence-corrected chi connectivity index (χ4v) is 3.38. The number of benzene rings is 1. The number of carbonyl (C=O) groups excluding carboxylic acids is 1. The Morgan fingerprint density at radius 2 is 1.96 bits per heavy atom. The lowest BCUT2D eigenvalue weighted by Gasteiger charge is -2.11. The number of alkyl halides is 3. The molecule has 0 unspecified atom stereocenters. The Morgan fingerprint density at radius 3 is 2.70 bits per heavy atom. The van der Waals surface area contributed by atoms with Crippen LogP contribution < -0.4 is 5.32 Å². The van der Waals surface area contributed by atoms with Gasteiger partial charge in [0.1, 0.15) is 0 Å². The van der Waals surface area contributed by atoms with Gasteiger partial charge in [-0.2, -0.15) is 13.2 Å². The van der Waals surface area contributed by atoms with Crippen molar-refractivity contribution in [1.29, 1.82) is 0 Å². The highest BCUT2D eigenvalue weighted by Crippen LogP contribution is 2.36. The van der Waals surface area contributed by atoms with Crippen LogP contribution in [0.15, 0.2) is 53.1 Å². The summed E-state index contributed by atoms with van der Waals surface area (Å²) in [5.41, 5.74) is 0.448. The van der Waals surface area contributed by atoms with Crippen LogP contribution in [0.1, 0.15) is 27.2 Å². The zero-order valence-corrected chi connectivity index (χ0v) is 14.4. The van der Waals surface area contributed by atoms with Gasteiger partial charge in [0, 0.05) is 24.2 Å². The Balaban J connectivity index is 1.72. The van der Waals surface area contributed by atoms with Gasteiger partial charge in [0.2, 0.25) is 0 Å². The molecule has 4 rings (SSSR count). The summed E-state index contributed by atoms with van der Waals surface area (Å²) in [7, 11) is 0. The third-order valence-corrected chi connectivity index (χ3v) is 4.70. The van der Waals surface area contributed by atoms with E-state index in [9.17, 15) is 18.0 Å². The molecule has 1 aliphatic heterocycles. The van der Waals surface area contributed by atoms with Crippen LogP contribution in [0.2, 0.25) is 0 Å². The number of aliphatic imine (C=N–C) groups is 1. The summed E-state index contributed by atoms with van der Waals surface area (Å²) in [5.74, 6) is -0.413. The summed E-state index contributed by atoms with van der Waals surface area (Å²) < 4.78 is 39.9. The van der Waals surface area contributed by atoms with Crippen LogP contribution in [0.5, 0.6) is 0 Å². The van der Waals surface area contributed by atoms with Crippen molar-refractivity contribution >= 4 is 33.8 Å². The number of anilines is 1. The maximum Gasteiger partial charge on any atom is 0.418 e. The fourth-order valence-electron chi connectivity index (χ4n) is 2.85. The van der Waals surface area contributed by atoms with Gasteiger partial charge < -0.3 is 0 Å². The van der Waals surface area contributed by atoms with Crippen molar-refractivity contribution in [3.8, 4) is 0 Å². The first-order valence-corrected chi connectivity index (χ1v) is 8.74. The molecule has 0 spiro atoms.